The number of benzene rings is 1. The van der Waals surface area contributed by atoms with Gasteiger partial charge in [-0.2, -0.15) is 0 Å². The molecule has 0 fully saturated rings. The van der Waals surface area contributed by atoms with Gasteiger partial charge in [-0.15, -0.1) is 0 Å². The highest BCUT2D eigenvalue weighted by atomic mass is 79.9. The molecule has 2 rings (SSSR count). The smallest absolute Gasteiger partial charge is 0.337 e. The summed E-state index contributed by atoms with van der Waals surface area (Å²) in [4.78, 5) is 15.4. The number of anilines is 1. The number of nitrogens with zero attached hydrogens (tertiary/aromatic N) is 1. The van der Waals surface area contributed by atoms with Crippen LogP contribution in [0.5, 0.6) is 0 Å². The number of carbonyl (C=O) groups is 1. The first-order valence-electron chi connectivity index (χ1n) is 5.81. The monoisotopic (exact) mass is 338 g/mol. The molecule has 6 heteroatoms. The van der Waals surface area contributed by atoms with E-state index in [-0.39, 0.29) is 5.69 Å². The Morgan fingerprint density at radius 1 is 1.40 bits per heavy atom. The van der Waals surface area contributed by atoms with Gasteiger partial charge in [-0.1, -0.05) is 0 Å². The molecule has 104 valence electrons. The third-order valence-electron chi connectivity index (χ3n) is 2.63. The lowest BCUT2D eigenvalue weighted by molar-refractivity contribution is 0.0600. The number of methoxy groups -OCH3 is 1. The SMILES string of the molecule is COC(=O)c1ccc(F)c(NCc2cncc(Br)c2)c1. The minimum absolute atomic E-state index is 0.243. The van der Waals surface area contributed by atoms with Gasteiger partial charge in [-0.25, -0.2) is 9.18 Å². The van der Waals surface area contributed by atoms with Crippen LogP contribution in [0.1, 0.15) is 15.9 Å². The van der Waals surface area contributed by atoms with Crippen LogP contribution in [0.15, 0.2) is 41.1 Å². The maximum atomic E-state index is 13.7. The lowest BCUT2D eigenvalue weighted by Gasteiger charge is -2.09. The van der Waals surface area contributed by atoms with Crippen molar-refractivity contribution in [2.24, 2.45) is 0 Å². The van der Waals surface area contributed by atoms with Crippen LogP contribution >= 0.6 is 15.9 Å². The molecule has 0 radical (unpaired) electrons. The Morgan fingerprint density at radius 2 is 2.20 bits per heavy atom. The molecular weight excluding hydrogens is 327 g/mol. The van der Waals surface area contributed by atoms with Crippen LogP contribution in [0.3, 0.4) is 0 Å². The Kier molecular flexibility index (Phi) is 4.68. The molecule has 0 unspecified atom stereocenters. The van der Waals surface area contributed by atoms with Gasteiger partial charge in [0.25, 0.3) is 0 Å². The molecule has 0 spiro atoms. The lowest BCUT2D eigenvalue weighted by Crippen LogP contribution is -2.06. The van der Waals surface area contributed by atoms with Crippen LogP contribution in [-0.2, 0) is 11.3 Å². The maximum absolute atomic E-state index is 13.7. The lowest BCUT2D eigenvalue weighted by atomic mass is 10.2. The second-order valence-electron chi connectivity index (χ2n) is 4.05. The predicted octanol–water partition coefficient (Wildman–Crippen LogP) is 3.38. The van der Waals surface area contributed by atoms with Gasteiger partial charge in [0.05, 0.1) is 18.4 Å². The second kappa shape index (κ2) is 6.47. The average molecular weight is 339 g/mol. The van der Waals surface area contributed by atoms with Crippen LogP contribution in [0.2, 0.25) is 0 Å². The Labute approximate surface area is 124 Å². The first kappa shape index (κ1) is 14.5. The van der Waals surface area contributed by atoms with E-state index in [1.165, 1.54) is 25.3 Å². The van der Waals surface area contributed by atoms with E-state index < -0.39 is 11.8 Å². The van der Waals surface area contributed by atoms with Crippen molar-refractivity contribution in [1.29, 1.82) is 0 Å². The molecule has 0 aliphatic carbocycles. The number of ether oxygens (including phenoxy) is 1. The van der Waals surface area contributed by atoms with Gasteiger partial charge < -0.3 is 10.1 Å². The Bertz CT molecular complexity index is 634. The summed E-state index contributed by atoms with van der Waals surface area (Å²) in [5, 5.41) is 2.93. The predicted molar refractivity (Wildman–Crippen MR) is 77.0 cm³/mol. The molecule has 1 aromatic carbocycles. The van der Waals surface area contributed by atoms with Crippen molar-refractivity contribution in [2.45, 2.75) is 6.54 Å². The second-order valence-corrected chi connectivity index (χ2v) is 4.97. The van der Waals surface area contributed by atoms with Crippen molar-refractivity contribution < 1.29 is 13.9 Å². The van der Waals surface area contributed by atoms with Gasteiger partial charge in [0, 0.05) is 23.4 Å². The highest BCUT2D eigenvalue weighted by Crippen LogP contribution is 2.18. The van der Waals surface area contributed by atoms with Crippen molar-refractivity contribution in [3.05, 3.63) is 58.1 Å². The zero-order chi connectivity index (χ0) is 14.5. The van der Waals surface area contributed by atoms with E-state index in [9.17, 15) is 9.18 Å². The largest absolute Gasteiger partial charge is 0.465 e. The van der Waals surface area contributed by atoms with E-state index in [4.69, 9.17) is 0 Å². The zero-order valence-electron chi connectivity index (χ0n) is 10.7. The third kappa shape index (κ3) is 3.54. The summed E-state index contributed by atoms with van der Waals surface area (Å²) in [5.41, 5.74) is 1.43. The number of nitrogens with one attached hydrogen (secondary N) is 1. The summed E-state index contributed by atoms with van der Waals surface area (Å²) in [5.74, 6) is -0.933. The Hall–Kier alpha value is -1.95. The Morgan fingerprint density at radius 3 is 2.90 bits per heavy atom. The summed E-state index contributed by atoms with van der Waals surface area (Å²) in [6, 6.07) is 5.91. The third-order valence-corrected chi connectivity index (χ3v) is 3.07. The highest BCUT2D eigenvalue weighted by Gasteiger charge is 2.09. The first-order valence-corrected chi connectivity index (χ1v) is 6.60. The molecule has 0 atom stereocenters. The van der Waals surface area contributed by atoms with Crippen LogP contribution in [0.4, 0.5) is 10.1 Å². The molecule has 0 amide bonds. The van der Waals surface area contributed by atoms with Gasteiger partial charge in [0.1, 0.15) is 5.82 Å². The number of carbonyl (C=O) groups excluding carboxylic acids is 1. The highest BCUT2D eigenvalue weighted by molar-refractivity contribution is 9.10. The molecule has 20 heavy (non-hydrogen) atoms. The van der Waals surface area contributed by atoms with Crippen molar-refractivity contribution in [3.63, 3.8) is 0 Å². The number of esters is 1. The summed E-state index contributed by atoms with van der Waals surface area (Å²) >= 11 is 3.32. The fraction of sp³-hybridized carbons (Fsp3) is 0.143. The summed E-state index contributed by atoms with van der Waals surface area (Å²) < 4.78 is 19.1. The molecule has 1 heterocycles. The molecule has 2 aromatic rings. The van der Waals surface area contributed by atoms with Gasteiger partial charge in [-0.05, 0) is 45.8 Å². The number of hydrogen-bond donors (Lipinski definition) is 1. The van der Waals surface area contributed by atoms with Crippen LogP contribution < -0.4 is 5.32 Å². The van der Waals surface area contributed by atoms with Crippen LogP contribution in [0.25, 0.3) is 0 Å². The van der Waals surface area contributed by atoms with Gasteiger partial charge in [0.15, 0.2) is 0 Å². The van der Waals surface area contributed by atoms with E-state index in [0.717, 1.165) is 10.0 Å². The van der Waals surface area contributed by atoms with E-state index in [1.54, 1.807) is 12.4 Å². The number of pyridine rings is 1. The fourth-order valence-electron chi connectivity index (χ4n) is 1.66. The summed E-state index contributed by atoms with van der Waals surface area (Å²) in [6.07, 6.45) is 3.35. The molecular formula is C14H12BrFN2O2. The number of halogens is 2. The molecule has 0 aliphatic rings. The average Bonchev–Trinajstić information content (AvgIpc) is 2.45. The molecule has 0 bridgehead atoms. The molecule has 0 saturated carbocycles. The van der Waals surface area contributed by atoms with Crippen LogP contribution in [0, 0.1) is 5.82 Å². The van der Waals surface area contributed by atoms with Gasteiger partial charge >= 0.3 is 5.97 Å². The van der Waals surface area contributed by atoms with Gasteiger partial charge in [0.2, 0.25) is 0 Å². The molecule has 4 nitrogen and oxygen atoms in total. The van der Waals surface area contributed by atoms with E-state index >= 15 is 0 Å². The number of aromatic nitrogens is 1. The first-order chi connectivity index (χ1) is 9.60. The molecule has 1 N–H and O–H groups in total. The maximum Gasteiger partial charge on any atom is 0.337 e. The van der Waals surface area contributed by atoms with Crippen molar-refractivity contribution in [2.75, 3.05) is 12.4 Å². The molecule has 0 aliphatic heterocycles. The standard InChI is InChI=1S/C14H12BrFN2O2/c1-20-14(19)10-2-3-12(16)13(5-10)18-7-9-4-11(15)8-17-6-9/h2-6,8,18H,7H2,1H3. The minimum Gasteiger partial charge on any atom is -0.465 e. The fourth-order valence-corrected chi connectivity index (χ4v) is 2.07. The van der Waals surface area contributed by atoms with E-state index in [1.807, 2.05) is 6.07 Å². The quantitative estimate of drug-likeness (QED) is 0.868. The normalized spacial score (nSPS) is 10.2. The number of hydrogen-bond acceptors (Lipinski definition) is 4. The molecule has 0 saturated heterocycles. The topological polar surface area (TPSA) is 51.2 Å². The molecule has 1 aromatic heterocycles. The van der Waals surface area contributed by atoms with E-state index in [2.05, 4.69) is 31.0 Å². The van der Waals surface area contributed by atoms with E-state index in [0.29, 0.717) is 12.1 Å². The van der Waals surface area contributed by atoms with Crippen molar-refractivity contribution in [3.8, 4) is 0 Å². The van der Waals surface area contributed by atoms with Crippen LogP contribution in [-0.4, -0.2) is 18.1 Å². The Balaban J connectivity index is 2.14. The van der Waals surface area contributed by atoms with Crippen molar-refractivity contribution in [1.82, 2.24) is 4.98 Å². The minimum atomic E-state index is -0.503. The van der Waals surface area contributed by atoms with Gasteiger partial charge in [-0.3, -0.25) is 4.98 Å². The van der Waals surface area contributed by atoms with Crippen molar-refractivity contribution >= 4 is 27.6 Å². The zero-order valence-corrected chi connectivity index (χ0v) is 12.3. The summed E-state index contributed by atoms with van der Waals surface area (Å²) in [6.45, 7) is 0.397. The summed E-state index contributed by atoms with van der Waals surface area (Å²) in [7, 11) is 1.28. The number of rotatable bonds is 4.